The molecule has 0 aliphatic rings. The topological polar surface area (TPSA) is 38.5 Å². The fourth-order valence-electron chi connectivity index (χ4n) is 2.36. The number of nitrogens with two attached hydrogens (primary N) is 1. The molecule has 0 heterocycles. The van der Waals surface area contributed by atoms with Crippen LogP contribution in [-0.2, 0) is 0 Å². The van der Waals surface area contributed by atoms with Gasteiger partial charge in [-0.2, -0.15) is 0 Å². The highest BCUT2D eigenvalue weighted by atomic mass is 32.1. The predicted molar refractivity (Wildman–Crippen MR) is 92.7 cm³/mol. The average Bonchev–Trinajstić information content (AvgIpc) is 2.47. The Morgan fingerprint density at radius 2 is 2.00 bits per heavy atom. The first-order valence-corrected chi connectivity index (χ1v) is 7.29. The molecule has 0 atom stereocenters. The first-order valence-electron chi connectivity index (χ1n) is 6.89. The maximum Gasteiger partial charge on any atom is 0.120 e. The lowest BCUT2D eigenvalue weighted by Crippen LogP contribution is -2.21. The smallest absolute Gasteiger partial charge is 0.120 e. The minimum Gasteiger partial charge on any atom is -0.497 e. The van der Waals surface area contributed by atoms with E-state index in [0.29, 0.717) is 4.99 Å². The lowest BCUT2D eigenvalue weighted by Gasteiger charge is -2.26. The molecule has 0 saturated heterocycles. The third-order valence-electron chi connectivity index (χ3n) is 3.39. The average molecular weight is 300 g/mol. The highest BCUT2D eigenvalue weighted by Gasteiger charge is 2.15. The van der Waals surface area contributed by atoms with E-state index in [1.54, 1.807) is 7.11 Å². The van der Waals surface area contributed by atoms with Gasteiger partial charge in [-0.05, 0) is 43.7 Å². The number of anilines is 2. The summed E-state index contributed by atoms with van der Waals surface area (Å²) in [5.74, 6) is 0.788. The van der Waals surface area contributed by atoms with Crippen molar-refractivity contribution in [3.05, 3.63) is 53.6 Å². The Bertz CT molecular complexity index is 655. The van der Waals surface area contributed by atoms with Crippen LogP contribution in [0.5, 0.6) is 5.75 Å². The standard InChI is InChI=1S/C17H20N2OS/c1-4-19(13-7-5-6-12(2)10-13)16-11-14(20-3)8-9-15(16)17(18)21/h5-11H,4H2,1-3H3,(H2,18,21). The van der Waals surface area contributed by atoms with Crippen LogP contribution in [0.2, 0.25) is 0 Å². The monoisotopic (exact) mass is 300 g/mol. The first kappa shape index (κ1) is 15.3. The van der Waals surface area contributed by atoms with E-state index < -0.39 is 0 Å². The van der Waals surface area contributed by atoms with Crippen LogP contribution in [0.25, 0.3) is 0 Å². The highest BCUT2D eigenvalue weighted by molar-refractivity contribution is 7.80. The summed E-state index contributed by atoms with van der Waals surface area (Å²) < 4.78 is 5.33. The quantitative estimate of drug-likeness (QED) is 0.853. The number of benzene rings is 2. The molecule has 0 spiro atoms. The summed E-state index contributed by atoms with van der Waals surface area (Å²) in [4.78, 5) is 2.57. The Labute approximate surface area is 131 Å². The maximum atomic E-state index is 5.87. The molecule has 3 nitrogen and oxygen atoms in total. The number of hydrogen-bond acceptors (Lipinski definition) is 3. The number of thiocarbonyl (C=S) groups is 1. The molecule has 2 N–H and O–H groups in total. The van der Waals surface area contributed by atoms with Crippen molar-refractivity contribution >= 4 is 28.6 Å². The normalized spacial score (nSPS) is 10.2. The number of nitrogens with zero attached hydrogens (tertiary/aromatic N) is 1. The lowest BCUT2D eigenvalue weighted by atomic mass is 10.1. The van der Waals surface area contributed by atoms with E-state index in [-0.39, 0.29) is 0 Å². The highest BCUT2D eigenvalue weighted by Crippen LogP contribution is 2.32. The van der Waals surface area contributed by atoms with Gasteiger partial charge in [0.15, 0.2) is 0 Å². The molecule has 110 valence electrons. The second-order valence-corrected chi connectivity index (χ2v) is 5.27. The van der Waals surface area contributed by atoms with E-state index in [4.69, 9.17) is 22.7 Å². The molecule has 2 rings (SSSR count). The molecule has 0 aromatic heterocycles. The van der Waals surface area contributed by atoms with Gasteiger partial charge < -0.3 is 15.4 Å². The van der Waals surface area contributed by atoms with Crippen molar-refractivity contribution in [2.45, 2.75) is 13.8 Å². The van der Waals surface area contributed by atoms with Crippen molar-refractivity contribution in [1.82, 2.24) is 0 Å². The lowest BCUT2D eigenvalue weighted by molar-refractivity contribution is 0.415. The van der Waals surface area contributed by atoms with Gasteiger partial charge in [0.1, 0.15) is 10.7 Å². The zero-order valence-electron chi connectivity index (χ0n) is 12.6. The molecule has 0 aliphatic carbocycles. The van der Waals surface area contributed by atoms with Crippen molar-refractivity contribution in [2.24, 2.45) is 5.73 Å². The summed E-state index contributed by atoms with van der Waals surface area (Å²) in [7, 11) is 1.66. The minimum atomic E-state index is 0.388. The Kier molecular flexibility index (Phi) is 4.81. The Hall–Kier alpha value is -2.07. The number of ether oxygens (including phenoxy) is 1. The minimum absolute atomic E-state index is 0.388. The molecule has 0 saturated carbocycles. The SMILES string of the molecule is CCN(c1cccc(C)c1)c1cc(OC)ccc1C(N)=S. The zero-order valence-corrected chi connectivity index (χ0v) is 13.4. The first-order chi connectivity index (χ1) is 10.1. The van der Waals surface area contributed by atoms with Crippen LogP contribution in [0.1, 0.15) is 18.1 Å². The van der Waals surface area contributed by atoms with Crippen LogP contribution >= 0.6 is 12.2 Å². The Morgan fingerprint density at radius 1 is 1.24 bits per heavy atom. The van der Waals surface area contributed by atoms with E-state index in [1.807, 2.05) is 24.3 Å². The largest absolute Gasteiger partial charge is 0.497 e. The number of rotatable bonds is 5. The van der Waals surface area contributed by atoms with Crippen molar-refractivity contribution in [2.75, 3.05) is 18.6 Å². The molecule has 2 aromatic rings. The van der Waals surface area contributed by atoms with Gasteiger partial charge >= 0.3 is 0 Å². The van der Waals surface area contributed by atoms with Gasteiger partial charge in [0.05, 0.1) is 12.8 Å². The van der Waals surface area contributed by atoms with E-state index >= 15 is 0 Å². The molecule has 0 bridgehead atoms. The second kappa shape index (κ2) is 6.59. The van der Waals surface area contributed by atoms with Crippen LogP contribution in [0.4, 0.5) is 11.4 Å². The molecule has 0 unspecified atom stereocenters. The molecule has 0 fully saturated rings. The van der Waals surface area contributed by atoms with Gasteiger partial charge in [-0.15, -0.1) is 0 Å². The predicted octanol–water partition coefficient (Wildman–Crippen LogP) is 3.80. The fourth-order valence-corrected chi connectivity index (χ4v) is 2.53. The van der Waals surface area contributed by atoms with Crippen molar-refractivity contribution in [1.29, 1.82) is 0 Å². The van der Waals surface area contributed by atoms with E-state index in [2.05, 4.69) is 36.9 Å². The Morgan fingerprint density at radius 3 is 2.57 bits per heavy atom. The third kappa shape index (κ3) is 3.34. The number of methoxy groups -OCH3 is 1. The molecule has 0 amide bonds. The van der Waals surface area contributed by atoms with Crippen LogP contribution < -0.4 is 15.4 Å². The molecule has 0 radical (unpaired) electrons. The van der Waals surface area contributed by atoms with Gasteiger partial charge in [0, 0.05) is 23.9 Å². The molecular weight excluding hydrogens is 280 g/mol. The van der Waals surface area contributed by atoms with Gasteiger partial charge in [0.2, 0.25) is 0 Å². The molecule has 21 heavy (non-hydrogen) atoms. The summed E-state index contributed by atoms with van der Waals surface area (Å²) in [5, 5.41) is 0. The second-order valence-electron chi connectivity index (χ2n) is 4.83. The van der Waals surface area contributed by atoms with Crippen molar-refractivity contribution in [3.63, 3.8) is 0 Å². The van der Waals surface area contributed by atoms with Crippen LogP contribution in [0.3, 0.4) is 0 Å². The number of hydrogen-bond donors (Lipinski definition) is 1. The summed E-state index contributed by atoms with van der Waals surface area (Å²) >= 11 is 5.18. The molecule has 2 aromatic carbocycles. The summed E-state index contributed by atoms with van der Waals surface area (Å²) in [6, 6.07) is 14.1. The third-order valence-corrected chi connectivity index (χ3v) is 3.61. The molecule has 0 aliphatic heterocycles. The van der Waals surface area contributed by atoms with E-state index in [9.17, 15) is 0 Å². The molecule has 4 heteroatoms. The summed E-state index contributed by atoms with van der Waals surface area (Å²) in [6.45, 7) is 4.99. The zero-order chi connectivity index (χ0) is 15.4. The summed E-state index contributed by atoms with van der Waals surface area (Å²) in [5.41, 5.74) is 10.0. The van der Waals surface area contributed by atoms with Gasteiger partial charge in [0.25, 0.3) is 0 Å². The number of aryl methyl sites for hydroxylation is 1. The van der Waals surface area contributed by atoms with Gasteiger partial charge in [-0.25, -0.2) is 0 Å². The molecular formula is C17H20N2OS. The maximum absolute atomic E-state index is 5.87. The Balaban J connectivity index is 2.57. The van der Waals surface area contributed by atoms with Crippen LogP contribution in [0.15, 0.2) is 42.5 Å². The summed E-state index contributed by atoms with van der Waals surface area (Å²) in [6.07, 6.45) is 0. The van der Waals surface area contributed by atoms with Gasteiger partial charge in [-0.1, -0.05) is 24.4 Å². The van der Waals surface area contributed by atoms with Crippen molar-refractivity contribution in [3.8, 4) is 5.75 Å². The van der Waals surface area contributed by atoms with Crippen molar-refractivity contribution < 1.29 is 4.74 Å². The van der Waals surface area contributed by atoms with Crippen LogP contribution in [-0.4, -0.2) is 18.6 Å². The van der Waals surface area contributed by atoms with Crippen LogP contribution in [0, 0.1) is 6.92 Å². The fraction of sp³-hybridized carbons (Fsp3) is 0.235. The van der Waals surface area contributed by atoms with E-state index in [1.165, 1.54) is 5.56 Å². The van der Waals surface area contributed by atoms with E-state index in [0.717, 1.165) is 29.2 Å². The van der Waals surface area contributed by atoms with Gasteiger partial charge in [-0.3, -0.25) is 0 Å².